The van der Waals surface area contributed by atoms with Crippen molar-refractivity contribution in [2.45, 2.75) is 170 Å². The third-order valence-electron chi connectivity index (χ3n) is 18.3. The number of phenols is 1. The Morgan fingerprint density at radius 2 is 1.26 bits per heavy atom. The lowest BCUT2D eigenvalue weighted by Gasteiger charge is -2.30. The Morgan fingerprint density at radius 3 is 1.92 bits per heavy atom. The predicted octanol–water partition coefficient (Wildman–Crippen LogP) is -1.95. The van der Waals surface area contributed by atoms with Gasteiger partial charge < -0.3 is 101 Å². The van der Waals surface area contributed by atoms with Gasteiger partial charge in [-0.25, -0.2) is 0 Å². The zero-order valence-corrected chi connectivity index (χ0v) is 60.3. The highest BCUT2D eigenvalue weighted by molar-refractivity contribution is 8.76. The summed E-state index contributed by atoms with van der Waals surface area (Å²) in [6.45, 7) is -0.211. The van der Waals surface area contributed by atoms with Crippen molar-refractivity contribution in [3.05, 3.63) is 101 Å². The lowest BCUT2D eigenvalue weighted by atomic mass is 9.95. The van der Waals surface area contributed by atoms with Gasteiger partial charge in [0.25, 0.3) is 0 Å². The summed E-state index contributed by atoms with van der Waals surface area (Å²) < 4.78 is 0. The number of H-pyrrole nitrogens is 1. The number of nitrogens with one attached hydrogen (secondary N) is 13. The molecule has 0 bridgehead atoms. The van der Waals surface area contributed by atoms with Crippen LogP contribution in [0, 0.1) is 22.7 Å². The molecule has 4 aromatic rings. The molecule has 35 nitrogen and oxygen atoms in total. The van der Waals surface area contributed by atoms with E-state index in [4.69, 9.17) is 22.6 Å². The molecule has 107 heavy (non-hydrogen) atoms. The first-order valence-electron chi connectivity index (χ1n) is 35.1. The lowest BCUT2D eigenvalue weighted by Crippen LogP contribution is -2.61. The van der Waals surface area contributed by atoms with Gasteiger partial charge in [-0.15, -0.1) is 0 Å². The maximum Gasteiger partial charge on any atom is 0.303 e. The molecule has 3 heterocycles. The standard InChI is InChI=1S/C70H92N18O17S2/c71-27-25-56(91)88-30-8-16-54(88)68(104)83-49(31-38-17-19-43(89)20-18-38)64(100)86-53-37-107-106-36-52(60(73)96)85-63(99)48(22-24-58(94)95)81-66(102)51(33-42-35-78-45-14-6-5-13-44(42)45)82-62(98)47(21-23-57(92)93)79-55(90)26-29-76-61(97)46(15-7-28-77-70(74)75)80-65(101)50(32-40-11-3-4-12-41(40)34-72)84-69(105)59(87-67(53)103)39-9-1-2-10-39/h3-6,11-14,17-20,35,39,46-54,59,78,89H,1-2,7-10,15-16,21-33,36-37,71H2,(H2,73,96)(H,76,97)(H,79,90)(H,80,101)(H,81,102)(H,82,98)(H,83,104)(H,84,105)(H,85,99)(H,86,100)(H,87,103)(H,92,93)(H,94,95)(H4,74,75,77)/t46-,47-,48-,49-,50-,51-,52+,53-,54-,59-/m0/s1. The Labute approximate surface area is 623 Å². The first-order chi connectivity index (χ1) is 51.2. The Morgan fingerprint density at radius 1 is 0.664 bits per heavy atom. The van der Waals surface area contributed by atoms with Crippen LogP contribution in [0.25, 0.3) is 10.9 Å². The zero-order chi connectivity index (χ0) is 77.7. The van der Waals surface area contributed by atoms with Gasteiger partial charge in [0, 0.05) is 99.7 Å². The van der Waals surface area contributed by atoms with Gasteiger partial charge in [0.05, 0.1) is 11.6 Å². The molecule has 12 amide bonds. The summed E-state index contributed by atoms with van der Waals surface area (Å²) in [6, 6.07) is 5.40. The summed E-state index contributed by atoms with van der Waals surface area (Å²) in [6.07, 6.45) is -0.0266. The number of primary amides is 1. The van der Waals surface area contributed by atoms with Gasteiger partial charge in [-0.1, -0.05) is 83.0 Å². The average molecular weight is 1520 g/mol. The Hall–Kier alpha value is -11.0. The molecule has 0 spiro atoms. The number of aromatic amines is 1. The number of guanidine groups is 1. The van der Waals surface area contributed by atoms with Crippen LogP contribution in [-0.2, 0) is 86.4 Å². The number of para-hydroxylation sites is 1. The van der Waals surface area contributed by atoms with Gasteiger partial charge in [-0.05, 0) is 98.2 Å². The summed E-state index contributed by atoms with van der Waals surface area (Å²) in [5.74, 6) is -15.8. The van der Waals surface area contributed by atoms with E-state index in [0.29, 0.717) is 54.1 Å². The quantitative estimate of drug-likeness (QED) is 0.0157. The van der Waals surface area contributed by atoms with Crippen LogP contribution >= 0.6 is 21.6 Å². The number of carbonyl (C=O) groups is 14. The minimum Gasteiger partial charge on any atom is -0.508 e. The van der Waals surface area contributed by atoms with Gasteiger partial charge in [0.15, 0.2) is 5.96 Å². The number of fused-ring (bicyclic) bond motifs is 1. The SMILES string of the molecule is N#Cc1ccccc1C[C@@H]1NC(=O)[C@H](C2CCCC2)NC(=O)[C@@H](NC(=O)[C@H](Cc2ccc(O)cc2)NC(=O)[C@@H]2CCCN2C(=O)CCN)CSSC[C@H](C(N)=O)NC(=O)[C@H](CCC(=O)O)NC(=O)[C@H](Cc2c[nH]c3ccccc23)NC(=O)[C@H](CCC(=O)O)NC(=O)CCNC(=O)[C@H](CCCNC(=N)N)NC1=O. The number of carbonyl (C=O) groups excluding carboxylic acids is 12. The number of aliphatic carboxylic acids is 2. The normalized spacial score (nSPS) is 22.7. The van der Waals surface area contributed by atoms with Gasteiger partial charge in [-0.2, -0.15) is 5.26 Å². The second-order valence-electron chi connectivity index (χ2n) is 26.1. The first-order valence-corrected chi connectivity index (χ1v) is 37.6. The van der Waals surface area contributed by atoms with Crippen LogP contribution in [0.2, 0.25) is 0 Å². The second-order valence-corrected chi connectivity index (χ2v) is 28.7. The van der Waals surface area contributed by atoms with Crippen molar-refractivity contribution in [1.29, 1.82) is 10.7 Å². The number of hydrogen-bond acceptors (Lipinski definition) is 20. The number of nitrogens with zero attached hydrogens (tertiary/aromatic N) is 2. The summed E-state index contributed by atoms with van der Waals surface area (Å²) in [5.41, 5.74) is 19.0. The molecule has 1 aliphatic carbocycles. The highest BCUT2D eigenvalue weighted by atomic mass is 33.1. The molecule has 10 atom stereocenters. The number of aromatic nitrogens is 1. The molecular formula is C70H92N18O17S2. The summed E-state index contributed by atoms with van der Waals surface area (Å²) in [4.78, 5) is 202. The van der Waals surface area contributed by atoms with Crippen molar-refractivity contribution < 1.29 is 82.4 Å². The van der Waals surface area contributed by atoms with Crippen molar-refractivity contribution in [1.82, 2.24) is 68.4 Å². The van der Waals surface area contributed by atoms with E-state index in [2.05, 4.69) is 69.5 Å². The van der Waals surface area contributed by atoms with E-state index in [0.717, 1.165) is 21.6 Å². The predicted molar refractivity (Wildman–Crippen MR) is 391 cm³/mol. The smallest absolute Gasteiger partial charge is 0.303 e. The second kappa shape index (κ2) is 41.6. The number of benzene rings is 3. The molecule has 1 saturated carbocycles. The number of phenolic OH excluding ortho intramolecular Hbond substituents is 1. The van der Waals surface area contributed by atoms with E-state index >= 15 is 14.4 Å². The van der Waals surface area contributed by atoms with Gasteiger partial charge in [0.1, 0.15) is 66.2 Å². The third kappa shape index (κ3) is 25.9. The molecule has 3 fully saturated rings. The molecule has 0 unspecified atom stereocenters. The highest BCUT2D eigenvalue weighted by Gasteiger charge is 2.41. The molecule has 37 heteroatoms. The Kier molecular flexibility index (Phi) is 32.4. The highest BCUT2D eigenvalue weighted by Crippen LogP contribution is 2.30. The number of rotatable bonds is 24. The molecule has 576 valence electrons. The minimum absolute atomic E-state index is 0.00489. The molecule has 2 saturated heterocycles. The summed E-state index contributed by atoms with van der Waals surface area (Å²) in [5, 5.41) is 77.2. The maximum absolute atomic E-state index is 15.3. The van der Waals surface area contributed by atoms with Crippen LogP contribution < -0.4 is 75.7 Å². The number of carboxylic acids is 2. The molecule has 3 aliphatic rings. The Bertz CT molecular complexity index is 3930. The van der Waals surface area contributed by atoms with Gasteiger partial charge >= 0.3 is 11.9 Å². The van der Waals surface area contributed by atoms with Crippen molar-refractivity contribution in [2.24, 2.45) is 23.1 Å². The number of likely N-dealkylation sites (tertiary alicyclic amines) is 1. The fourth-order valence-electron chi connectivity index (χ4n) is 12.7. The van der Waals surface area contributed by atoms with Crippen molar-refractivity contribution in [3.8, 4) is 11.8 Å². The van der Waals surface area contributed by atoms with Crippen molar-refractivity contribution >= 4 is 121 Å². The number of hydrogen-bond donors (Lipinski definition) is 19. The van der Waals surface area contributed by atoms with E-state index in [9.17, 15) is 73.3 Å². The van der Waals surface area contributed by atoms with E-state index < -0.39 is 199 Å². The largest absolute Gasteiger partial charge is 0.508 e. The van der Waals surface area contributed by atoms with Crippen LogP contribution in [0.3, 0.4) is 0 Å². The van der Waals surface area contributed by atoms with Crippen LogP contribution in [-0.4, -0.2) is 212 Å². The average Bonchev–Trinajstić information content (AvgIpc) is 1.70. The van der Waals surface area contributed by atoms with E-state index in [-0.39, 0.29) is 87.4 Å². The van der Waals surface area contributed by atoms with E-state index in [1.54, 1.807) is 48.7 Å². The van der Waals surface area contributed by atoms with Crippen molar-refractivity contribution in [3.63, 3.8) is 0 Å². The fraction of sp³-hybridized carbons (Fsp3) is 0.486. The van der Waals surface area contributed by atoms with Crippen LogP contribution in [0.4, 0.5) is 0 Å². The molecule has 22 N–H and O–H groups in total. The maximum atomic E-state index is 15.3. The molecule has 0 radical (unpaired) electrons. The number of nitriles is 1. The topological polar surface area (TPSA) is 577 Å². The van der Waals surface area contributed by atoms with Crippen LogP contribution in [0.5, 0.6) is 5.75 Å². The number of amides is 12. The van der Waals surface area contributed by atoms with Crippen LogP contribution in [0.15, 0.2) is 79.0 Å². The summed E-state index contributed by atoms with van der Waals surface area (Å²) in [7, 11) is 1.71. The minimum atomic E-state index is -1.77. The molecule has 1 aromatic heterocycles. The van der Waals surface area contributed by atoms with E-state index in [1.807, 2.05) is 0 Å². The Balaban J connectivity index is 1.29. The van der Waals surface area contributed by atoms with Gasteiger partial charge in [-0.3, -0.25) is 72.5 Å². The fourth-order valence-corrected chi connectivity index (χ4v) is 15.0. The number of aromatic hydroxyl groups is 1. The van der Waals surface area contributed by atoms with Crippen molar-refractivity contribution in [2.75, 3.05) is 37.7 Å². The van der Waals surface area contributed by atoms with E-state index in [1.165, 1.54) is 35.2 Å². The van der Waals surface area contributed by atoms with Gasteiger partial charge in [0.2, 0.25) is 70.9 Å². The van der Waals surface area contributed by atoms with Crippen LogP contribution in [0.1, 0.15) is 112 Å². The molecular weight excluding hydrogens is 1430 g/mol. The lowest BCUT2D eigenvalue weighted by molar-refractivity contribution is -0.139. The molecule has 3 aromatic carbocycles. The molecule has 2 aliphatic heterocycles. The first kappa shape index (κ1) is 83.3. The molecule has 7 rings (SSSR count). The summed E-state index contributed by atoms with van der Waals surface area (Å²) >= 11 is 0. The third-order valence-corrected chi connectivity index (χ3v) is 20.7. The number of nitrogens with two attached hydrogens (primary N) is 3. The number of carboxylic acid groups (broad SMARTS) is 2. The monoisotopic (exact) mass is 1520 g/mol. The zero-order valence-electron chi connectivity index (χ0n) is 58.6.